The van der Waals surface area contributed by atoms with Gasteiger partial charge in [-0.25, -0.2) is 0 Å². The third kappa shape index (κ3) is 5.65. The zero-order valence-electron chi connectivity index (χ0n) is 14.2. The Bertz CT molecular complexity index is 424. The number of aryl methyl sites for hydroxylation is 2. The van der Waals surface area contributed by atoms with Gasteiger partial charge in [-0.3, -0.25) is 0 Å². The smallest absolute Gasteiger partial charge is 0.125 e. The maximum absolute atomic E-state index is 10.0. The second kappa shape index (κ2) is 7.78. The van der Waals surface area contributed by atoms with E-state index in [-0.39, 0.29) is 5.54 Å². The van der Waals surface area contributed by atoms with Gasteiger partial charge in [0, 0.05) is 18.6 Å². The molecule has 0 heterocycles. The van der Waals surface area contributed by atoms with Crippen molar-refractivity contribution in [3.05, 3.63) is 29.3 Å². The first-order valence-corrected chi connectivity index (χ1v) is 7.49. The first kappa shape index (κ1) is 18.0. The van der Waals surface area contributed by atoms with E-state index in [0.717, 1.165) is 23.4 Å². The first-order chi connectivity index (χ1) is 9.74. The van der Waals surface area contributed by atoms with Crippen LogP contribution in [-0.2, 0) is 0 Å². The summed E-state index contributed by atoms with van der Waals surface area (Å²) < 4.78 is 5.76. The summed E-state index contributed by atoms with van der Waals surface area (Å²) in [5.74, 6) is 0.880. The number of ether oxygens (including phenoxy) is 1. The van der Waals surface area contributed by atoms with Gasteiger partial charge in [-0.15, -0.1) is 0 Å². The summed E-state index contributed by atoms with van der Waals surface area (Å²) in [6.45, 7) is 10.0. The number of nitrogens with zero attached hydrogens (tertiary/aromatic N) is 1. The van der Waals surface area contributed by atoms with Crippen LogP contribution in [0.4, 0.5) is 0 Å². The quantitative estimate of drug-likeness (QED) is 0.769. The molecule has 2 N–H and O–H groups in total. The Labute approximate surface area is 129 Å². The van der Waals surface area contributed by atoms with Gasteiger partial charge in [-0.2, -0.15) is 0 Å². The number of nitrogens with one attached hydrogen (secondary N) is 1. The minimum absolute atomic E-state index is 0.0627. The van der Waals surface area contributed by atoms with E-state index in [1.165, 1.54) is 0 Å². The van der Waals surface area contributed by atoms with Crippen molar-refractivity contribution < 1.29 is 9.84 Å². The third-order valence-corrected chi connectivity index (χ3v) is 3.98. The molecule has 0 bridgehead atoms. The fourth-order valence-electron chi connectivity index (χ4n) is 1.97. The van der Waals surface area contributed by atoms with Crippen molar-refractivity contribution in [2.75, 3.05) is 33.8 Å². The monoisotopic (exact) mass is 294 g/mol. The number of hydrogen-bond acceptors (Lipinski definition) is 4. The normalized spacial score (nSPS) is 13.5. The second-order valence-electron chi connectivity index (χ2n) is 6.52. The minimum atomic E-state index is -0.512. The second-order valence-corrected chi connectivity index (χ2v) is 6.52. The molecule has 0 saturated heterocycles. The van der Waals surface area contributed by atoms with Gasteiger partial charge in [0.15, 0.2) is 0 Å². The van der Waals surface area contributed by atoms with E-state index in [9.17, 15) is 5.11 Å². The van der Waals surface area contributed by atoms with Crippen molar-refractivity contribution in [3.8, 4) is 5.75 Å². The Kier molecular flexibility index (Phi) is 6.65. The van der Waals surface area contributed by atoms with Crippen molar-refractivity contribution in [1.82, 2.24) is 10.2 Å². The molecule has 0 saturated carbocycles. The van der Waals surface area contributed by atoms with Crippen molar-refractivity contribution >= 4 is 0 Å². The molecule has 0 aromatic heterocycles. The van der Waals surface area contributed by atoms with E-state index in [1.807, 2.05) is 32.0 Å². The van der Waals surface area contributed by atoms with Crippen molar-refractivity contribution in [1.29, 1.82) is 0 Å². The van der Waals surface area contributed by atoms with Gasteiger partial charge in [-0.1, -0.05) is 18.2 Å². The van der Waals surface area contributed by atoms with E-state index >= 15 is 0 Å². The average molecular weight is 294 g/mol. The predicted octanol–water partition coefficient (Wildman–Crippen LogP) is 1.97. The Morgan fingerprint density at radius 1 is 1.24 bits per heavy atom. The maximum Gasteiger partial charge on any atom is 0.125 e. The zero-order valence-corrected chi connectivity index (χ0v) is 14.2. The molecule has 1 aromatic rings. The van der Waals surface area contributed by atoms with E-state index in [2.05, 4.69) is 38.2 Å². The Balaban J connectivity index is 2.37. The number of para-hydroxylation sites is 1. The highest BCUT2D eigenvalue weighted by atomic mass is 16.5. The number of likely N-dealkylation sites (N-methyl/N-ethyl adjacent to an activating group) is 1. The highest BCUT2D eigenvalue weighted by Gasteiger charge is 2.20. The molecule has 0 radical (unpaired) electrons. The topological polar surface area (TPSA) is 44.7 Å². The van der Waals surface area contributed by atoms with Crippen LogP contribution in [0.2, 0.25) is 0 Å². The number of aliphatic hydroxyl groups excluding tert-OH is 1. The van der Waals surface area contributed by atoms with Crippen LogP contribution in [0.5, 0.6) is 5.75 Å². The van der Waals surface area contributed by atoms with E-state index < -0.39 is 6.10 Å². The highest BCUT2D eigenvalue weighted by Crippen LogP contribution is 2.22. The van der Waals surface area contributed by atoms with Crippen molar-refractivity contribution in [3.63, 3.8) is 0 Å². The Hall–Kier alpha value is -1.10. The summed E-state index contributed by atoms with van der Waals surface area (Å²) in [6, 6.07) is 6.05. The van der Waals surface area contributed by atoms with Gasteiger partial charge in [0.25, 0.3) is 0 Å². The summed E-state index contributed by atoms with van der Waals surface area (Å²) in [7, 11) is 4.12. The van der Waals surface area contributed by atoms with E-state index in [4.69, 9.17) is 4.74 Å². The molecule has 1 rings (SSSR count). The van der Waals surface area contributed by atoms with E-state index in [0.29, 0.717) is 13.2 Å². The molecule has 0 aliphatic rings. The van der Waals surface area contributed by atoms with Crippen LogP contribution in [-0.4, -0.2) is 55.4 Å². The van der Waals surface area contributed by atoms with Gasteiger partial charge in [0.2, 0.25) is 0 Å². The molecular formula is C17H30N2O2. The third-order valence-electron chi connectivity index (χ3n) is 3.98. The average Bonchev–Trinajstić information content (AvgIpc) is 2.37. The molecule has 0 aliphatic carbocycles. The van der Waals surface area contributed by atoms with Gasteiger partial charge in [-0.05, 0) is 52.9 Å². The largest absolute Gasteiger partial charge is 0.490 e. The lowest BCUT2D eigenvalue weighted by Crippen LogP contribution is -2.48. The summed E-state index contributed by atoms with van der Waals surface area (Å²) >= 11 is 0. The molecule has 120 valence electrons. The molecule has 0 fully saturated rings. The van der Waals surface area contributed by atoms with Crippen LogP contribution in [0.1, 0.15) is 25.0 Å². The number of benzene rings is 1. The van der Waals surface area contributed by atoms with Crippen molar-refractivity contribution in [2.24, 2.45) is 0 Å². The summed E-state index contributed by atoms with van der Waals surface area (Å²) in [6.07, 6.45) is -0.512. The lowest BCUT2D eigenvalue weighted by atomic mass is 10.0. The molecule has 4 heteroatoms. The maximum atomic E-state index is 10.0. The van der Waals surface area contributed by atoms with Gasteiger partial charge >= 0.3 is 0 Å². The molecule has 21 heavy (non-hydrogen) atoms. The van der Waals surface area contributed by atoms with E-state index in [1.54, 1.807) is 0 Å². The van der Waals surface area contributed by atoms with Crippen LogP contribution in [0.3, 0.4) is 0 Å². The lowest BCUT2D eigenvalue weighted by Gasteiger charge is -2.33. The number of aliphatic hydroxyl groups is 1. The van der Waals surface area contributed by atoms with Gasteiger partial charge < -0.3 is 20.1 Å². The van der Waals surface area contributed by atoms with Crippen LogP contribution >= 0.6 is 0 Å². The predicted molar refractivity (Wildman–Crippen MR) is 88.1 cm³/mol. The lowest BCUT2D eigenvalue weighted by molar-refractivity contribution is 0.0995. The molecule has 1 aromatic carbocycles. The Morgan fingerprint density at radius 3 is 2.33 bits per heavy atom. The molecule has 0 amide bonds. The minimum Gasteiger partial charge on any atom is -0.490 e. The molecule has 4 nitrogen and oxygen atoms in total. The fraction of sp³-hybridized carbons (Fsp3) is 0.647. The van der Waals surface area contributed by atoms with Gasteiger partial charge in [0.05, 0.1) is 0 Å². The number of hydrogen-bond donors (Lipinski definition) is 2. The summed E-state index contributed by atoms with van der Waals surface area (Å²) in [5.41, 5.74) is 2.26. The Morgan fingerprint density at radius 2 is 1.81 bits per heavy atom. The molecule has 1 atom stereocenters. The number of rotatable bonds is 8. The van der Waals surface area contributed by atoms with Crippen molar-refractivity contribution in [2.45, 2.75) is 39.3 Å². The van der Waals surface area contributed by atoms with Crippen LogP contribution in [0.25, 0.3) is 0 Å². The molecule has 1 unspecified atom stereocenters. The SMILES string of the molecule is Cc1cccc(C)c1OCC(O)CNCC(C)(C)N(C)C. The molecule has 0 spiro atoms. The van der Waals surface area contributed by atoms with Gasteiger partial charge in [0.1, 0.15) is 18.5 Å². The van der Waals surface area contributed by atoms with Crippen LogP contribution < -0.4 is 10.1 Å². The van der Waals surface area contributed by atoms with Crippen LogP contribution in [0.15, 0.2) is 18.2 Å². The highest BCUT2D eigenvalue weighted by molar-refractivity contribution is 5.39. The summed E-state index contributed by atoms with van der Waals surface area (Å²) in [5, 5.41) is 13.3. The zero-order chi connectivity index (χ0) is 16.0. The fourth-order valence-corrected chi connectivity index (χ4v) is 1.97. The van der Waals surface area contributed by atoms with Crippen LogP contribution in [0, 0.1) is 13.8 Å². The first-order valence-electron chi connectivity index (χ1n) is 7.49. The standard InChI is InChI=1S/C17H30N2O2/c1-13-8-7-9-14(2)16(13)21-11-15(20)10-18-12-17(3,4)19(5)6/h7-9,15,18,20H,10-12H2,1-6H3. The molecular weight excluding hydrogens is 264 g/mol. The summed E-state index contributed by atoms with van der Waals surface area (Å²) in [4.78, 5) is 2.17. The molecule has 0 aliphatic heterocycles.